The maximum Gasteiger partial charge on any atom is 0.264 e. The number of carbonyl (C=O) groups is 1. The van der Waals surface area contributed by atoms with Crippen molar-refractivity contribution < 1.29 is 13.2 Å². The van der Waals surface area contributed by atoms with Crippen LogP contribution >= 0.6 is 23.4 Å². The molecule has 9 heteroatoms. The number of aliphatic imine (C=N–C) groups is 1. The van der Waals surface area contributed by atoms with E-state index in [1.165, 1.54) is 12.1 Å². The third-order valence-corrected chi connectivity index (χ3v) is 6.32. The maximum atomic E-state index is 12.5. The number of amidine groups is 1. The molecule has 3 rings (SSSR count). The van der Waals surface area contributed by atoms with E-state index in [9.17, 15) is 13.2 Å². The number of nitrogens with zero attached hydrogens (tertiary/aromatic N) is 1. The number of sulfonamides is 1. The van der Waals surface area contributed by atoms with Crippen LogP contribution in [0.4, 0.5) is 5.69 Å². The molecule has 1 amide bonds. The van der Waals surface area contributed by atoms with Gasteiger partial charge in [0.2, 0.25) is 0 Å². The first-order valence-corrected chi connectivity index (χ1v) is 10.1. The minimum Gasteiger partial charge on any atom is -0.322 e. The van der Waals surface area contributed by atoms with E-state index in [1.54, 1.807) is 30.3 Å². The predicted octanol–water partition coefficient (Wildman–Crippen LogP) is 3.52. The number of carbonyl (C=O) groups excluding carboxylic acids is 1. The first-order valence-electron chi connectivity index (χ1n) is 7.46. The minimum absolute atomic E-state index is 0.0114. The Kier molecular flexibility index (Phi) is 5.36. The van der Waals surface area contributed by atoms with Crippen molar-refractivity contribution in [3.8, 4) is 0 Å². The summed E-state index contributed by atoms with van der Waals surface area (Å²) in [6, 6.07) is 11.6. The van der Waals surface area contributed by atoms with E-state index in [4.69, 9.17) is 11.6 Å². The van der Waals surface area contributed by atoms with Gasteiger partial charge in [0.05, 0.1) is 17.1 Å². The number of benzene rings is 2. The largest absolute Gasteiger partial charge is 0.322 e. The highest BCUT2D eigenvalue weighted by Crippen LogP contribution is 2.36. The molecule has 0 bridgehead atoms. The molecule has 1 aliphatic heterocycles. The fourth-order valence-corrected chi connectivity index (χ4v) is 5.17. The van der Waals surface area contributed by atoms with Crippen LogP contribution in [0.15, 0.2) is 69.9 Å². The fraction of sp³-hybridized carbons (Fsp3) is 0.0588. The van der Waals surface area contributed by atoms with Crippen LogP contribution in [0.5, 0.6) is 0 Å². The number of amides is 1. The molecule has 0 aliphatic carbocycles. The highest BCUT2D eigenvalue weighted by Gasteiger charge is 2.30. The van der Waals surface area contributed by atoms with Gasteiger partial charge in [0.25, 0.3) is 15.9 Å². The highest BCUT2D eigenvalue weighted by molar-refractivity contribution is 8.16. The average molecular weight is 408 g/mol. The molecule has 0 unspecified atom stereocenters. The molecule has 2 aromatic carbocycles. The summed E-state index contributed by atoms with van der Waals surface area (Å²) in [6.45, 7) is 3.83. The number of fused-ring (bicyclic) bond motifs is 1. The Labute approximate surface area is 160 Å². The molecule has 0 spiro atoms. The summed E-state index contributed by atoms with van der Waals surface area (Å²) in [6.07, 6.45) is 1.56. The smallest absolute Gasteiger partial charge is 0.264 e. The molecule has 26 heavy (non-hydrogen) atoms. The maximum absolute atomic E-state index is 12.5. The molecular formula is C17H14ClN3O3S2. The van der Waals surface area contributed by atoms with Gasteiger partial charge in [-0.05, 0) is 24.3 Å². The molecule has 134 valence electrons. The van der Waals surface area contributed by atoms with Crippen molar-refractivity contribution >= 4 is 50.1 Å². The zero-order chi connectivity index (χ0) is 18.7. The molecule has 6 nitrogen and oxygen atoms in total. The number of rotatable bonds is 4. The van der Waals surface area contributed by atoms with Crippen molar-refractivity contribution in [3.05, 3.63) is 65.7 Å². The van der Waals surface area contributed by atoms with Gasteiger partial charge in [-0.15, -0.1) is 6.58 Å². The monoisotopic (exact) mass is 407 g/mol. The van der Waals surface area contributed by atoms with Gasteiger partial charge in [0, 0.05) is 10.6 Å². The minimum atomic E-state index is -3.84. The van der Waals surface area contributed by atoms with Crippen LogP contribution in [0, 0.1) is 0 Å². The Balaban J connectivity index is 1.97. The van der Waals surface area contributed by atoms with E-state index in [1.807, 2.05) is 6.07 Å². The summed E-state index contributed by atoms with van der Waals surface area (Å²) in [5.41, 5.74) is 0.659. The Hall–Kier alpha value is -2.29. The van der Waals surface area contributed by atoms with Crippen molar-refractivity contribution in [2.24, 2.45) is 4.99 Å². The second kappa shape index (κ2) is 7.53. The SMILES string of the molecule is C=CCN=C1NS(=O)(=O)c2cc(C(=O)Nc3ccccc3)c(Cl)cc2S1. The van der Waals surface area contributed by atoms with Crippen molar-refractivity contribution in [2.75, 3.05) is 11.9 Å². The molecule has 0 fully saturated rings. The quantitative estimate of drug-likeness (QED) is 0.759. The van der Waals surface area contributed by atoms with Crippen LogP contribution < -0.4 is 10.0 Å². The lowest BCUT2D eigenvalue weighted by molar-refractivity contribution is 0.102. The summed E-state index contributed by atoms with van der Waals surface area (Å²) in [5, 5.41) is 3.08. The summed E-state index contributed by atoms with van der Waals surface area (Å²) in [5.74, 6) is -0.490. The van der Waals surface area contributed by atoms with Gasteiger partial charge < -0.3 is 5.32 Å². The summed E-state index contributed by atoms with van der Waals surface area (Å²) < 4.78 is 27.4. The molecule has 1 heterocycles. The Bertz CT molecular complexity index is 1010. The van der Waals surface area contributed by atoms with Gasteiger partial charge in [0.1, 0.15) is 4.90 Å². The average Bonchev–Trinajstić information content (AvgIpc) is 2.59. The Morgan fingerprint density at radius 2 is 2.04 bits per heavy atom. The van der Waals surface area contributed by atoms with Gasteiger partial charge in [-0.1, -0.05) is 47.6 Å². The third-order valence-electron chi connectivity index (χ3n) is 3.39. The highest BCUT2D eigenvalue weighted by atomic mass is 35.5. The molecular weight excluding hydrogens is 394 g/mol. The fourth-order valence-electron chi connectivity index (χ4n) is 2.23. The van der Waals surface area contributed by atoms with Gasteiger partial charge in [-0.2, -0.15) is 0 Å². The number of para-hydroxylation sites is 1. The number of nitrogens with one attached hydrogen (secondary N) is 2. The van der Waals surface area contributed by atoms with Crippen molar-refractivity contribution in [1.82, 2.24) is 4.72 Å². The summed E-state index contributed by atoms with van der Waals surface area (Å²) >= 11 is 7.36. The van der Waals surface area contributed by atoms with Crippen LogP contribution in [-0.2, 0) is 10.0 Å². The van der Waals surface area contributed by atoms with Crippen LogP contribution in [0.2, 0.25) is 5.02 Å². The zero-order valence-corrected chi connectivity index (χ0v) is 15.8. The van der Waals surface area contributed by atoms with Gasteiger partial charge in [-0.3, -0.25) is 14.5 Å². The molecule has 0 radical (unpaired) electrons. The Morgan fingerprint density at radius 1 is 1.31 bits per heavy atom. The number of hydrogen-bond donors (Lipinski definition) is 2. The molecule has 0 atom stereocenters. The molecule has 0 aromatic heterocycles. The van der Waals surface area contributed by atoms with E-state index in [2.05, 4.69) is 21.6 Å². The van der Waals surface area contributed by atoms with Gasteiger partial charge >= 0.3 is 0 Å². The first-order chi connectivity index (χ1) is 12.4. The first kappa shape index (κ1) is 18.5. The Morgan fingerprint density at radius 3 is 2.73 bits per heavy atom. The van der Waals surface area contributed by atoms with E-state index in [-0.39, 0.29) is 27.2 Å². The van der Waals surface area contributed by atoms with Crippen LogP contribution in [0.25, 0.3) is 0 Å². The third kappa shape index (κ3) is 3.92. The van der Waals surface area contributed by atoms with E-state index < -0.39 is 15.9 Å². The lowest BCUT2D eigenvalue weighted by Gasteiger charge is -2.20. The standard InChI is InChI=1S/C17H14ClN3O3S2/c1-2-8-19-17-21-26(23,24)15-9-12(13(18)10-14(15)25-17)16(22)20-11-6-4-3-5-7-11/h2-7,9-10H,1,8H2,(H,19,21)(H,20,22). The van der Waals surface area contributed by atoms with E-state index >= 15 is 0 Å². The zero-order valence-electron chi connectivity index (χ0n) is 13.4. The van der Waals surface area contributed by atoms with Crippen LogP contribution in [-0.4, -0.2) is 26.0 Å². The van der Waals surface area contributed by atoms with Crippen molar-refractivity contribution in [1.29, 1.82) is 0 Å². The summed E-state index contributed by atoms with van der Waals surface area (Å²) in [4.78, 5) is 17.0. The second-order valence-corrected chi connectivity index (χ2v) is 8.33. The summed E-state index contributed by atoms with van der Waals surface area (Å²) in [7, 11) is -3.84. The number of hydrogen-bond acceptors (Lipinski definition) is 5. The van der Waals surface area contributed by atoms with Crippen molar-refractivity contribution in [2.45, 2.75) is 9.79 Å². The topological polar surface area (TPSA) is 87.6 Å². The van der Waals surface area contributed by atoms with Gasteiger partial charge in [-0.25, -0.2) is 8.42 Å². The number of halogens is 1. The molecule has 0 saturated heterocycles. The van der Waals surface area contributed by atoms with Gasteiger partial charge in [0.15, 0.2) is 5.17 Å². The molecule has 2 aromatic rings. The van der Waals surface area contributed by atoms with Crippen molar-refractivity contribution in [3.63, 3.8) is 0 Å². The second-order valence-electron chi connectivity index (χ2n) is 5.24. The molecule has 0 saturated carbocycles. The van der Waals surface area contributed by atoms with Crippen LogP contribution in [0.3, 0.4) is 0 Å². The number of thioether (sulfide) groups is 1. The predicted molar refractivity (Wildman–Crippen MR) is 105 cm³/mol. The van der Waals surface area contributed by atoms with E-state index in [0.29, 0.717) is 10.6 Å². The normalized spacial score (nSPS) is 16.4. The number of anilines is 1. The lowest BCUT2D eigenvalue weighted by Crippen LogP contribution is -2.33. The van der Waals surface area contributed by atoms with Crippen LogP contribution in [0.1, 0.15) is 10.4 Å². The lowest BCUT2D eigenvalue weighted by atomic mass is 10.2. The molecule has 2 N–H and O–H groups in total. The molecule has 1 aliphatic rings. The van der Waals surface area contributed by atoms with E-state index in [0.717, 1.165) is 11.8 Å².